The summed E-state index contributed by atoms with van der Waals surface area (Å²) in [7, 11) is 0. The molecule has 0 aliphatic carbocycles. The van der Waals surface area contributed by atoms with Gasteiger partial charge in [0, 0.05) is 12.0 Å². The summed E-state index contributed by atoms with van der Waals surface area (Å²) < 4.78 is 16.4. The molecule has 5 heteroatoms. The van der Waals surface area contributed by atoms with Crippen LogP contribution in [0.5, 0.6) is 11.5 Å². The Morgan fingerprint density at radius 1 is 1.22 bits per heavy atom. The molecule has 0 aromatic heterocycles. The monoisotopic (exact) mass is 247 g/mol. The van der Waals surface area contributed by atoms with Crippen molar-refractivity contribution in [3.63, 3.8) is 0 Å². The molecular weight excluding hydrogens is 234 g/mol. The molecule has 2 saturated heterocycles. The quantitative estimate of drug-likeness (QED) is 0.753. The minimum absolute atomic E-state index is 0.181. The van der Waals surface area contributed by atoms with E-state index in [0.29, 0.717) is 13.0 Å². The first-order valence-electron chi connectivity index (χ1n) is 6.15. The molecule has 0 N–H and O–H groups in total. The fraction of sp³-hybridized carbons (Fsp3) is 0.462. The largest absolute Gasteiger partial charge is 0.454 e. The summed E-state index contributed by atoms with van der Waals surface area (Å²) in [6, 6.07) is 5.95. The molecule has 1 amide bonds. The van der Waals surface area contributed by atoms with Crippen LogP contribution >= 0.6 is 0 Å². The number of carbonyl (C=O) groups is 1. The maximum atomic E-state index is 11.9. The number of fused-ring (bicyclic) bond motifs is 2. The lowest BCUT2D eigenvalue weighted by atomic mass is 10.1. The summed E-state index contributed by atoms with van der Waals surface area (Å²) in [5.74, 6) is 1.66. The predicted molar refractivity (Wildman–Crippen MR) is 61.1 cm³/mol. The number of rotatable bonds is 1. The van der Waals surface area contributed by atoms with Gasteiger partial charge >= 0.3 is 0 Å². The zero-order valence-electron chi connectivity index (χ0n) is 9.80. The Labute approximate surface area is 104 Å². The smallest absolute Gasteiger partial charge is 0.231 e. The summed E-state index contributed by atoms with van der Waals surface area (Å²) in [4.78, 5) is 13.7. The molecule has 0 spiro atoms. The fourth-order valence-electron chi connectivity index (χ4n) is 2.85. The van der Waals surface area contributed by atoms with Crippen LogP contribution in [0.3, 0.4) is 0 Å². The van der Waals surface area contributed by atoms with Crippen molar-refractivity contribution in [2.45, 2.75) is 25.1 Å². The van der Waals surface area contributed by atoms with Gasteiger partial charge in [0.2, 0.25) is 12.7 Å². The van der Waals surface area contributed by atoms with Crippen LogP contribution in [-0.2, 0) is 9.53 Å². The van der Waals surface area contributed by atoms with E-state index in [1.165, 1.54) is 0 Å². The zero-order valence-corrected chi connectivity index (χ0v) is 9.80. The highest BCUT2D eigenvalue weighted by Gasteiger charge is 2.43. The third-order valence-electron chi connectivity index (χ3n) is 3.75. The Kier molecular flexibility index (Phi) is 2.05. The lowest BCUT2D eigenvalue weighted by Crippen LogP contribution is -2.30. The lowest BCUT2D eigenvalue weighted by Gasteiger charge is -2.22. The Bertz CT molecular complexity index is 516. The van der Waals surface area contributed by atoms with Gasteiger partial charge in [-0.15, -0.1) is 0 Å². The third kappa shape index (κ3) is 1.34. The van der Waals surface area contributed by atoms with E-state index >= 15 is 0 Å². The average molecular weight is 247 g/mol. The second-order valence-electron chi connectivity index (χ2n) is 4.79. The summed E-state index contributed by atoms with van der Waals surface area (Å²) in [5.41, 5.74) is 0.956. The van der Waals surface area contributed by atoms with Crippen molar-refractivity contribution in [1.82, 2.24) is 4.90 Å². The summed E-state index contributed by atoms with van der Waals surface area (Å²) in [5, 5.41) is 0. The minimum Gasteiger partial charge on any atom is -0.454 e. The Hall–Kier alpha value is -1.75. The van der Waals surface area contributed by atoms with Crippen LogP contribution in [0.1, 0.15) is 24.6 Å². The molecular formula is C13H13NO4. The lowest BCUT2D eigenvalue weighted by molar-refractivity contribution is -0.134. The molecule has 1 aromatic carbocycles. The van der Waals surface area contributed by atoms with Gasteiger partial charge in [-0.3, -0.25) is 4.79 Å². The molecule has 3 heterocycles. The van der Waals surface area contributed by atoms with E-state index in [-0.39, 0.29) is 25.0 Å². The van der Waals surface area contributed by atoms with Crippen molar-refractivity contribution in [3.8, 4) is 11.5 Å². The molecule has 18 heavy (non-hydrogen) atoms. The van der Waals surface area contributed by atoms with Crippen molar-refractivity contribution < 1.29 is 19.0 Å². The van der Waals surface area contributed by atoms with Gasteiger partial charge in [-0.25, -0.2) is 0 Å². The molecule has 2 atom stereocenters. The normalized spacial score (nSPS) is 28.9. The van der Waals surface area contributed by atoms with E-state index in [4.69, 9.17) is 14.2 Å². The second kappa shape index (κ2) is 3.62. The van der Waals surface area contributed by atoms with Crippen molar-refractivity contribution in [2.24, 2.45) is 0 Å². The van der Waals surface area contributed by atoms with Crippen molar-refractivity contribution >= 4 is 5.91 Å². The van der Waals surface area contributed by atoms with E-state index in [1.807, 2.05) is 23.1 Å². The highest BCUT2D eigenvalue weighted by molar-refractivity contribution is 5.79. The van der Waals surface area contributed by atoms with Crippen LogP contribution in [0.25, 0.3) is 0 Å². The van der Waals surface area contributed by atoms with Gasteiger partial charge in [0.15, 0.2) is 17.7 Å². The third-order valence-corrected chi connectivity index (χ3v) is 3.75. The molecule has 3 aliphatic heterocycles. The maximum absolute atomic E-state index is 11.9. The van der Waals surface area contributed by atoms with Gasteiger partial charge in [-0.2, -0.15) is 0 Å². The van der Waals surface area contributed by atoms with E-state index < -0.39 is 0 Å². The van der Waals surface area contributed by atoms with Gasteiger partial charge in [0.1, 0.15) is 0 Å². The number of hydrogen-bond donors (Lipinski definition) is 0. The van der Waals surface area contributed by atoms with Crippen LogP contribution < -0.4 is 9.47 Å². The molecule has 94 valence electrons. The Morgan fingerprint density at radius 2 is 2.11 bits per heavy atom. The fourth-order valence-corrected chi connectivity index (χ4v) is 2.85. The molecule has 5 nitrogen and oxygen atoms in total. The topological polar surface area (TPSA) is 48.0 Å². The van der Waals surface area contributed by atoms with Crippen LogP contribution in [0.4, 0.5) is 0 Å². The van der Waals surface area contributed by atoms with Gasteiger partial charge in [-0.1, -0.05) is 6.07 Å². The van der Waals surface area contributed by atoms with E-state index in [9.17, 15) is 4.79 Å². The van der Waals surface area contributed by atoms with E-state index in [2.05, 4.69) is 0 Å². The van der Waals surface area contributed by atoms with Crippen LogP contribution in [0.15, 0.2) is 18.2 Å². The first kappa shape index (κ1) is 10.2. The van der Waals surface area contributed by atoms with Gasteiger partial charge in [0.25, 0.3) is 0 Å². The minimum atomic E-state index is -0.264. The molecule has 0 radical (unpaired) electrons. The number of nitrogens with zero attached hydrogens (tertiary/aromatic N) is 1. The Morgan fingerprint density at radius 3 is 3.06 bits per heavy atom. The highest BCUT2D eigenvalue weighted by atomic mass is 16.7. The summed E-state index contributed by atoms with van der Waals surface area (Å²) >= 11 is 0. The van der Waals surface area contributed by atoms with E-state index in [1.54, 1.807) is 0 Å². The van der Waals surface area contributed by atoms with Crippen LogP contribution in [-0.4, -0.2) is 30.2 Å². The number of hydrogen-bond acceptors (Lipinski definition) is 4. The first-order chi connectivity index (χ1) is 8.83. The Balaban J connectivity index is 1.69. The SMILES string of the molecule is O=C1CC[C@H]2CO[C@H](c3ccc4c(c3)OCO4)N12. The van der Waals surface area contributed by atoms with E-state index in [0.717, 1.165) is 23.5 Å². The second-order valence-corrected chi connectivity index (χ2v) is 4.79. The van der Waals surface area contributed by atoms with Gasteiger partial charge < -0.3 is 19.1 Å². The van der Waals surface area contributed by atoms with Crippen molar-refractivity contribution in [1.29, 1.82) is 0 Å². The summed E-state index contributed by atoms with van der Waals surface area (Å²) in [6.45, 7) is 0.889. The molecule has 4 rings (SSSR count). The molecule has 0 bridgehead atoms. The maximum Gasteiger partial charge on any atom is 0.231 e. The van der Waals surface area contributed by atoms with Crippen LogP contribution in [0.2, 0.25) is 0 Å². The molecule has 1 aromatic rings. The average Bonchev–Trinajstić information content (AvgIpc) is 3.06. The molecule has 0 unspecified atom stereocenters. The number of carbonyl (C=O) groups excluding carboxylic acids is 1. The molecule has 2 fully saturated rings. The predicted octanol–water partition coefficient (Wildman–Crippen LogP) is 1.44. The van der Waals surface area contributed by atoms with Crippen molar-refractivity contribution in [3.05, 3.63) is 23.8 Å². The standard InChI is InChI=1S/C13H13NO4/c15-12-4-2-9-6-16-13(14(9)12)8-1-3-10-11(5-8)18-7-17-10/h1,3,5,9,13H,2,4,6-7H2/t9-,13+/m0/s1. The van der Waals surface area contributed by atoms with Gasteiger partial charge in [-0.05, 0) is 18.6 Å². The summed E-state index contributed by atoms with van der Waals surface area (Å²) in [6.07, 6.45) is 1.27. The zero-order chi connectivity index (χ0) is 12.1. The molecule has 3 aliphatic rings. The first-order valence-corrected chi connectivity index (χ1v) is 6.15. The number of ether oxygens (including phenoxy) is 3. The van der Waals surface area contributed by atoms with Crippen LogP contribution in [0, 0.1) is 0 Å². The number of amides is 1. The highest BCUT2D eigenvalue weighted by Crippen LogP contribution is 2.41. The number of benzene rings is 1. The van der Waals surface area contributed by atoms with Crippen molar-refractivity contribution in [2.75, 3.05) is 13.4 Å². The van der Waals surface area contributed by atoms with Gasteiger partial charge in [0.05, 0.1) is 12.6 Å². The molecule has 0 saturated carbocycles.